The molecule has 0 saturated carbocycles. The molecule has 0 spiro atoms. The van der Waals surface area contributed by atoms with Crippen LogP contribution in [0.4, 0.5) is 10.1 Å². The summed E-state index contributed by atoms with van der Waals surface area (Å²) >= 11 is 1.38. The van der Waals surface area contributed by atoms with Gasteiger partial charge in [0, 0.05) is 10.6 Å². The van der Waals surface area contributed by atoms with Gasteiger partial charge in [-0.05, 0) is 67.1 Å². The number of rotatable bonds is 6. The smallest absolute Gasteiger partial charge is 0.340 e. The predicted octanol–water partition coefficient (Wildman–Crippen LogP) is 5.53. The normalized spacial score (nSPS) is 11.3. The van der Waals surface area contributed by atoms with Gasteiger partial charge in [-0.3, -0.25) is 4.79 Å². The SMILES string of the molecule is Cc1cc(C)c(NC(=O)COC(=O)/C(=C/c2ccc(F)cc2)c2cccs2)c(C)c1. The molecule has 0 aliphatic carbocycles. The molecule has 154 valence electrons. The summed E-state index contributed by atoms with van der Waals surface area (Å²) in [5.74, 6) is -1.38. The quantitative estimate of drug-likeness (QED) is 0.419. The first-order valence-electron chi connectivity index (χ1n) is 9.39. The molecule has 3 aromatic rings. The van der Waals surface area contributed by atoms with Gasteiger partial charge in [-0.2, -0.15) is 0 Å². The van der Waals surface area contributed by atoms with Crippen LogP contribution in [0.5, 0.6) is 0 Å². The minimum atomic E-state index is -0.616. The third kappa shape index (κ3) is 5.42. The van der Waals surface area contributed by atoms with E-state index in [1.807, 2.05) is 44.4 Å². The van der Waals surface area contributed by atoms with Crippen LogP contribution in [-0.4, -0.2) is 18.5 Å². The van der Waals surface area contributed by atoms with Crippen LogP contribution in [0.25, 0.3) is 11.6 Å². The maximum Gasteiger partial charge on any atom is 0.340 e. The lowest BCUT2D eigenvalue weighted by Crippen LogP contribution is -2.22. The predicted molar refractivity (Wildman–Crippen MR) is 119 cm³/mol. The Balaban J connectivity index is 1.72. The number of anilines is 1. The van der Waals surface area contributed by atoms with Gasteiger partial charge in [0.25, 0.3) is 5.91 Å². The van der Waals surface area contributed by atoms with E-state index in [9.17, 15) is 14.0 Å². The third-order valence-electron chi connectivity index (χ3n) is 4.46. The Morgan fingerprint density at radius 2 is 1.73 bits per heavy atom. The Kier molecular flexibility index (Phi) is 6.79. The van der Waals surface area contributed by atoms with E-state index in [-0.39, 0.29) is 5.82 Å². The van der Waals surface area contributed by atoms with Crippen molar-refractivity contribution in [2.24, 2.45) is 0 Å². The molecule has 2 aromatic carbocycles. The number of aryl methyl sites for hydroxylation is 3. The molecule has 0 aliphatic heterocycles. The van der Waals surface area contributed by atoms with Crippen molar-refractivity contribution in [3.05, 3.63) is 86.9 Å². The number of thiophene rings is 1. The van der Waals surface area contributed by atoms with E-state index in [0.717, 1.165) is 22.4 Å². The van der Waals surface area contributed by atoms with Crippen molar-refractivity contribution in [3.8, 4) is 0 Å². The second-order valence-corrected chi connectivity index (χ2v) is 7.93. The summed E-state index contributed by atoms with van der Waals surface area (Å²) in [6, 6.07) is 13.4. The second-order valence-electron chi connectivity index (χ2n) is 6.98. The van der Waals surface area contributed by atoms with Crippen molar-refractivity contribution in [1.29, 1.82) is 0 Å². The van der Waals surface area contributed by atoms with E-state index in [0.29, 0.717) is 16.0 Å². The molecule has 6 heteroatoms. The fraction of sp³-hybridized carbons (Fsp3) is 0.167. The largest absolute Gasteiger partial charge is 0.452 e. The number of ether oxygens (including phenoxy) is 1. The van der Waals surface area contributed by atoms with Crippen molar-refractivity contribution in [3.63, 3.8) is 0 Å². The summed E-state index contributed by atoms with van der Waals surface area (Å²) in [5, 5.41) is 4.66. The van der Waals surface area contributed by atoms with E-state index in [1.165, 1.54) is 23.5 Å². The fourth-order valence-electron chi connectivity index (χ4n) is 3.15. The number of amides is 1. The Morgan fingerprint density at radius 3 is 2.33 bits per heavy atom. The molecule has 0 saturated heterocycles. The van der Waals surface area contributed by atoms with Gasteiger partial charge in [0.2, 0.25) is 0 Å². The van der Waals surface area contributed by atoms with Gasteiger partial charge in [-0.15, -0.1) is 11.3 Å². The number of carbonyl (C=O) groups excluding carboxylic acids is 2. The van der Waals surface area contributed by atoms with Gasteiger partial charge in [0.1, 0.15) is 5.82 Å². The first-order valence-corrected chi connectivity index (χ1v) is 10.3. The molecular weight excluding hydrogens is 401 g/mol. The zero-order chi connectivity index (χ0) is 21.7. The molecule has 1 aromatic heterocycles. The van der Waals surface area contributed by atoms with Crippen LogP contribution in [0, 0.1) is 26.6 Å². The second kappa shape index (κ2) is 9.50. The lowest BCUT2D eigenvalue weighted by Gasteiger charge is -2.13. The molecular formula is C24H22FNO3S. The minimum absolute atomic E-state index is 0.312. The average Bonchev–Trinajstić information content (AvgIpc) is 3.23. The molecule has 0 fully saturated rings. The zero-order valence-electron chi connectivity index (χ0n) is 17.0. The van der Waals surface area contributed by atoms with Gasteiger partial charge in [-0.1, -0.05) is 35.9 Å². The Labute approximate surface area is 179 Å². The van der Waals surface area contributed by atoms with E-state index < -0.39 is 18.5 Å². The maximum atomic E-state index is 13.2. The van der Waals surface area contributed by atoms with Crippen LogP contribution in [-0.2, 0) is 14.3 Å². The van der Waals surface area contributed by atoms with Crippen molar-refractivity contribution in [2.75, 3.05) is 11.9 Å². The molecule has 0 bridgehead atoms. The highest BCUT2D eigenvalue weighted by molar-refractivity contribution is 7.11. The topological polar surface area (TPSA) is 55.4 Å². The Hall–Kier alpha value is -3.25. The highest BCUT2D eigenvalue weighted by atomic mass is 32.1. The highest BCUT2D eigenvalue weighted by Crippen LogP contribution is 2.25. The van der Waals surface area contributed by atoms with Crippen molar-refractivity contribution < 1.29 is 18.7 Å². The average molecular weight is 424 g/mol. The molecule has 0 atom stereocenters. The Bertz CT molecular complexity index is 1060. The van der Waals surface area contributed by atoms with Gasteiger partial charge in [0.05, 0.1) is 5.57 Å². The summed E-state index contributed by atoms with van der Waals surface area (Å²) in [5.41, 5.74) is 4.70. The summed E-state index contributed by atoms with van der Waals surface area (Å²) in [6.07, 6.45) is 1.62. The van der Waals surface area contributed by atoms with E-state index in [4.69, 9.17) is 4.74 Å². The maximum absolute atomic E-state index is 13.2. The standard InChI is InChI=1S/C24H22FNO3S/c1-15-11-16(2)23(17(3)12-15)26-22(27)14-29-24(28)20(21-5-4-10-30-21)13-18-6-8-19(25)9-7-18/h4-13H,14H2,1-3H3,(H,26,27)/b20-13+. The molecule has 1 amide bonds. The van der Waals surface area contributed by atoms with Crippen LogP contribution < -0.4 is 5.32 Å². The van der Waals surface area contributed by atoms with E-state index >= 15 is 0 Å². The molecule has 1 N–H and O–H groups in total. The van der Waals surface area contributed by atoms with Gasteiger partial charge in [0.15, 0.2) is 6.61 Å². The van der Waals surface area contributed by atoms with Crippen LogP contribution in [0.2, 0.25) is 0 Å². The monoisotopic (exact) mass is 423 g/mol. The molecule has 4 nitrogen and oxygen atoms in total. The number of hydrogen-bond donors (Lipinski definition) is 1. The third-order valence-corrected chi connectivity index (χ3v) is 5.37. The first-order chi connectivity index (χ1) is 14.3. The summed E-state index contributed by atoms with van der Waals surface area (Å²) in [6.45, 7) is 5.43. The number of carbonyl (C=O) groups is 2. The molecule has 3 rings (SSSR count). The summed E-state index contributed by atoms with van der Waals surface area (Å²) in [7, 11) is 0. The van der Waals surface area contributed by atoms with E-state index in [1.54, 1.807) is 24.3 Å². The number of esters is 1. The van der Waals surface area contributed by atoms with Gasteiger partial charge in [-0.25, -0.2) is 9.18 Å². The molecule has 1 heterocycles. The molecule has 30 heavy (non-hydrogen) atoms. The number of nitrogens with one attached hydrogen (secondary N) is 1. The van der Waals surface area contributed by atoms with E-state index in [2.05, 4.69) is 5.32 Å². The van der Waals surface area contributed by atoms with Crippen molar-refractivity contribution in [2.45, 2.75) is 20.8 Å². The van der Waals surface area contributed by atoms with Crippen LogP contribution >= 0.6 is 11.3 Å². The first kappa shape index (κ1) is 21.5. The van der Waals surface area contributed by atoms with Crippen LogP contribution in [0.3, 0.4) is 0 Å². The minimum Gasteiger partial charge on any atom is -0.452 e. The molecule has 0 aliphatic rings. The Morgan fingerprint density at radius 1 is 1.07 bits per heavy atom. The highest BCUT2D eigenvalue weighted by Gasteiger charge is 2.17. The lowest BCUT2D eigenvalue weighted by molar-refractivity contribution is -0.141. The van der Waals surface area contributed by atoms with Gasteiger partial charge < -0.3 is 10.1 Å². The number of halogens is 1. The number of hydrogen-bond acceptors (Lipinski definition) is 4. The number of benzene rings is 2. The summed E-state index contributed by atoms with van der Waals surface area (Å²) < 4.78 is 18.4. The van der Waals surface area contributed by atoms with Crippen LogP contribution in [0.1, 0.15) is 27.1 Å². The molecule has 0 unspecified atom stereocenters. The summed E-state index contributed by atoms with van der Waals surface area (Å²) in [4.78, 5) is 25.8. The lowest BCUT2D eigenvalue weighted by atomic mass is 10.1. The zero-order valence-corrected chi connectivity index (χ0v) is 17.8. The van der Waals surface area contributed by atoms with Crippen molar-refractivity contribution in [1.82, 2.24) is 0 Å². The van der Waals surface area contributed by atoms with Crippen LogP contribution in [0.15, 0.2) is 53.9 Å². The fourth-order valence-corrected chi connectivity index (χ4v) is 3.88. The van der Waals surface area contributed by atoms with Crippen molar-refractivity contribution >= 4 is 40.5 Å². The van der Waals surface area contributed by atoms with Gasteiger partial charge >= 0.3 is 5.97 Å². The molecule has 0 radical (unpaired) electrons.